The molecule has 20 heavy (non-hydrogen) atoms. The summed E-state index contributed by atoms with van der Waals surface area (Å²) < 4.78 is 0. The van der Waals surface area contributed by atoms with Crippen molar-refractivity contribution in [3.63, 3.8) is 0 Å². The summed E-state index contributed by atoms with van der Waals surface area (Å²) in [6.45, 7) is 6.26. The van der Waals surface area contributed by atoms with Gasteiger partial charge < -0.3 is 10.2 Å². The Morgan fingerprint density at radius 1 is 1.30 bits per heavy atom. The van der Waals surface area contributed by atoms with Gasteiger partial charge in [0.05, 0.1) is 6.42 Å². The molecule has 0 bridgehead atoms. The maximum Gasteiger partial charge on any atom is 0.226 e. The molecule has 1 aromatic rings. The maximum absolute atomic E-state index is 12.5. The summed E-state index contributed by atoms with van der Waals surface area (Å²) in [4.78, 5) is 14.5. The Morgan fingerprint density at radius 2 is 2.10 bits per heavy atom. The summed E-state index contributed by atoms with van der Waals surface area (Å²) in [6.07, 6.45) is 3.86. The monoisotopic (exact) mass is 274 g/mol. The van der Waals surface area contributed by atoms with Gasteiger partial charge in [-0.05, 0) is 57.3 Å². The molecule has 110 valence electrons. The lowest BCUT2D eigenvalue weighted by Crippen LogP contribution is -2.38. The first-order valence-electron chi connectivity index (χ1n) is 7.60. The molecule has 1 aliphatic heterocycles. The van der Waals surface area contributed by atoms with E-state index in [0.29, 0.717) is 12.5 Å². The number of aryl methyl sites for hydroxylation is 2. The van der Waals surface area contributed by atoms with Gasteiger partial charge in [-0.2, -0.15) is 0 Å². The zero-order valence-electron chi connectivity index (χ0n) is 12.9. The van der Waals surface area contributed by atoms with Crippen molar-refractivity contribution in [1.82, 2.24) is 10.2 Å². The predicted molar refractivity (Wildman–Crippen MR) is 82.9 cm³/mol. The smallest absolute Gasteiger partial charge is 0.226 e. The van der Waals surface area contributed by atoms with Gasteiger partial charge in [0.25, 0.3) is 0 Å². The Hall–Kier alpha value is -1.35. The molecule has 1 fully saturated rings. The molecule has 1 saturated heterocycles. The fourth-order valence-corrected chi connectivity index (χ4v) is 2.87. The minimum Gasteiger partial charge on any atom is -0.342 e. The number of rotatable bonds is 3. The second kappa shape index (κ2) is 6.89. The van der Waals surface area contributed by atoms with Crippen LogP contribution in [-0.2, 0) is 11.2 Å². The van der Waals surface area contributed by atoms with Gasteiger partial charge in [0.1, 0.15) is 0 Å². The van der Waals surface area contributed by atoms with E-state index in [4.69, 9.17) is 0 Å². The highest BCUT2D eigenvalue weighted by Crippen LogP contribution is 2.16. The average Bonchev–Trinajstić information content (AvgIpc) is 2.71. The number of carbonyl (C=O) groups excluding carboxylic acids is 1. The first kappa shape index (κ1) is 15.0. The molecule has 3 nitrogen and oxygen atoms in total. The van der Waals surface area contributed by atoms with Crippen LogP contribution in [-0.4, -0.2) is 37.0 Å². The first-order chi connectivity index (χ1) is 9.58. The second-order valence-electron chi connectivity index (χ2n) is 5.95. The van der Waals surface area contributed by atoms with Crippen LogP contribution >= 0.6 is 0 Å². The van der Waals surface area contributed by atoms with E-state index < -0.39 is 0 Å². The van der Waals surface area contributed by atoms with Crippen molar-refractivity contribution in [2.45, 2.75) is 45.6 Å². The highest BCUT2D eigenvalue weighted by atomic mass is 16.2. The number of hydrogen-bond acceptors (Lipinski definition) is 2. The Morgan fingerprint density at radius 3 is 2.90 bits per heavy atom. The van der Waals surface area contributed by atoms with Crippen LogP contribution < -0.4 is 5.32 Å². The molecule has 1 heterocycles. The predicted octanol–water partition coefficient (Wildman–Crippen LogP) is 2.45. The van der Waals surface area contributed by atoms with Gasteiger partial charge >= 0.3 is 0 Å². The SMILES string of the molecule is Cc1ccc(C)c(CC(=O)N(C)C2CCCNCC2)c1. The van der Waals surface area contributed by atoms with Gasteiger partial charge in [-0.25, -0.2) is 0 Å². The largest absolute Gasteiger partial charge is 0.342 e. The number of hydrogen-bond donors (Lipinski definition) is 1. The van der Waals surface area contributed by atoms with E-state index in [9.17, 15) is 4.79 Å². The van der Waals surface area contributed by atoms with Gasteiger partial charge in [-0.3, -0.25) is 4.79 Å². The second-order valence-corrected chi connectivity index (χ2v) is 5.95. The lowest BCUT2D eigenvalue weighted by atomic mass is 10.0. The highest BCUT2D eigenvalue weighted by molar-refractivity contribution is 5.79. The van der Waals surface area contributed by atoms with Crippen molar-refractivity contribution in [3.8, 4) is 0 Å². The Bertz CT molecular complexity index is 462. The normalized spacial score (nSPS) is 19.4. The van der Waals surface area contributed by atoms with Crippen molar-refractivity contribution in [3.05, 3.63) is 34.9 Å². The highest BCUT2D eigenvalue weighted by Gasteiger charge is 2.21. The summed E-state index contributed by atoms with van der Waals surface area (Å²) in [5.41, 5.74) is 3.59. The fourth-order valence-electron chi connectivity index (χ4n) is 2.87. The third kappa shape index (κ3) is 3.83. The molecule has 3 heteroatoms. The van der Waals surface area contributed by atoms with Gasteiger partial charge in [0.15, 0.2) is 0 Å². The minimum absolute atomic E-state index is 0.241. The van der Waals surface area contributed by atoms with E-state index >= 15 is 0 Å². The van der Waals surface area contributed by atoms with Gasteiger partial charge in [-0.1, -0.05) is 23.8 Å². The summed E-state index contributed by atoms with van der Waals surface area (Å²) in [6, 6.07) is 6.73. The van der Waals surface area contributed by atoms with E-state index in [0.717, 1.165) is 37.9 Å². The molecular formula is C17H26N2O. The zero-order valence-corrected chi connectivity index (χ0v) is 12.9. The van der Waals surface area contributed by atoms with E-state index in [1.807, 2.05) is 11.9 Å². The van der Waals surface area contributed by atoms with Crippen molar-refractivity contribution >= 4 is 5.91 Å². The van der Waals surface area contributed by atoms with Crippen LogP contribution in [0.15, 0.2) is 18.2 Å². The molecule has 2 rings (SSSR count). The van der Waals surface area contributed by atoms with Crippen LogP contribution in [0, 0.1) is 13.8 Å². The number of nitrogens with one attached hydrogen (secondary N) is 1. The van der Waals surface area contributed by atoms with Gasteiger partial charge in [0.2, 0.25) is 5.91 Å². The number of likely N-dealkylation sites (N-methyl/N-ethyl adjacent to an activating group) is 1. The molecule has 0 radical (unpaired) electrons. The third-order valence-corrected chi connectivity index (χ3v) is 4.33. The van der Waals surface area contributed by atoms with Crippen LogP contribution in [0.25, 0.3) is 0 Å². The van der Waals surface area contributed by atoms with Crippen molar-refractivity contribution in [2.75, 3.05) is 20.1 Å². The maximum atomic E-state index is 12.5. The summed E-state index contributed by atoms with van der Waals surface area (Å²) >= 11 is 0. The quantitative estimate of drug-likeness (QED) is 0.918. The average molecular weight is 274 g/mol. The standard InChI is InChI=1S/C17H26N2O/c1-13-6-7-14(2)15(11-13)12-17(20)19(3)16-5-4-9-18-10-8-16/h6-7,11,16,18H,4-5,8-10,12H2,1-3H3. The fraction of sp³-hybridized carbons (Fsp3) is 0.588. The molecule has 1 aliphatic rings. The molecule has 1 atom stereocenters. The lowest BCUT2D eigenvalue weighted by Gasteiger charge is -2.27. The Kier molecular flexibility index (Phi) is 5.18. The van der Waals surface area contributed by atoms with E-state index in [-0.39, 0.29) is 5.91 Å². The summed E-state index contributed by atoms with van der Waals surface area (Å²) in [5, 5.41) is 3.40. The molecule has 1 N–H and O–H groups in total. The van der Waals surface area contributed by atoms with Crippen LogP contribution in [0.1, 0.15) is 36.0 Å². The van der Waals surface area contributed by atoms with Crippen LogP contribution in [0.2, 0.25) is 0 Å². The van der Waals surface area contributed by atoms with Crippen molar-refractivity contribution < 1.29 is 4.79 Å². The number of amides is 1. The van der Waals surface area contributed by atoms with E-state index in [1.165, 1.54) is 11.1 Å². The van der Waals surface area contributed by atoms with Gasteiger partial charge in [0, 0.05) is 13.1 Å². The topological polar surface area (TPSA) is 32.3 Å². The summed E-state index contributed by atoms with van der Waals surface area (Å²) in [5.74, 6) is 0.241. The molecular weight excluding hydrogens is 248 g/mol. The van der Waals surface area contributed by atoms with E-state index in [2.05, 4.69) is 37.4 Å². The molecule has 0 aromatic heterocycles. The van der Waals surface area contributed by atoms with Crippen molar-refractivity contribution in [2.24, 2.45) is 0 Å². The molecule has 0 aliphatic carbocycles. The summed E-state index contributed by atoms with van der Waals surface area (Å²) in [7, 11) is 1.96. The van der Waals surface area contributed by atoms with Gasteiger partial charge in [-0.15, -0.1) is 0 Å². The van der Waals surface area contributed by atoms with Crippen molar-refractivity contribution in [1.29, 1.82) is 0 Å². The number of benzene rings is 1. The lowest BCUT2D eigenvalue weighted by molar-refractivity contribution is -0.131. The minimum atomic E-state index is 0.241. The van der Waals surface area contributed by atoms with E-state index in [1.54, 1.807) is 0 Å². The Balaban J connectivity index is 2.01. The molecule has 0 spiro atoms. The molecule has 1 unspecified atom stereocenters. The number of carbonyl (C=O) groups is 1. The first-order valence-corrected chi connectivity index (χ1v) is 7.60. The van der Waals surface area contributed by atoms with Crippen LogP contribution in [0.5, 0.6) is 0 Å². The van der Waals surface area contributed by atoms with Crippen LogP contribution in [0.3, 0.4) is 0 Å². The Labute approximate surface area is 122 Å². The molecule has 1 amide bonds. The molecule has 0 saturated carbocycles. The third-order valence-electron chi connectivity index (χ3n) is 4.33. The van der Waals surface area contributed by atoms with Crippen LogP contribution in [0.4, 0.5) is 0 Å². The zero-order chi connectivity index (χ0) is 14.5. The molecule has 1 aromatic carbocycles. The number of nitrogens with zero attached hydrogens (tertiary/aromatic N) is 1.